The molecular formula is C12H17NO2. The van der Waals surface area contributed by atoms with E-state index in [2.05, 4.69) is 0 Å². The molecule has 0 heterocycles. The second kappa shape index (κ2) is 7.04. The maximum absolute atomic E-state index is 5.50. The van der Waals surface area contributed by atoms with E-state index in [-0.39, 0.29) is 0 Å². The summed E-state index contributed by atoms with van der Waals surface area (Å²) in [6.07, 6.45) is 3.78. The molecule has 0 atom stereocenters. The lowest BCUT2D eigenvalue weighted by molar-refractivity contribution is 0.184. The standard InChI is InChI=1S/C12H17NO2/c1-14-10-11-5-4-6-12(9-11)15-8-3-2-7-13/h2-6,9H,7-8,10,13H2,1H3. The number of benzene rings is 1. The lowest BCUT2D eigenvalue weighted by Crippen LogP contribution is -1.97. The van der Waals surface area contributed by atoms with E-state index in [0.717, 1.165) is 11.3 Å². The van der Waals surface area contributed by atoms with Crippen molar-refractivity contribution in [2.75, 3.05) is 20.3 Å². The quantitative estimate of drug-likeness (QED) is 0.722. The minimum Gasteiger partial charge on any atom is -0.490 e. The summed E-state index contributed by atoms with van der Waals surface area (Å²) in [7, 11) is 1.68. The Kier molecular flexibility index (Phi) is 5.51. The van der Waals surface area contributed by atoms with E-state index >= 15 is 0 Å². The average Bonchev–Trinajstić information content (AvgIpc) is 2.26. The Hall–Kier alpha value is -1.32. The van der Waals surface area contributed by atoms with Crippen LogP contribution in [0.3, 0.4) is 0 Å². The fourth-order valence-corrected chi connectivity index (χ4v) is 1.20. The zero-order valence-corrected chi connectivity index (χ0v) is 8.98. The maximum Gasteiger partial charge on any atom is 0.120 e. The van der Waals surface area contributed by atoms with Crippen LogP contribution in [-0.4, -0.2) is 20.3 Å². The number of rotatable bonds is 6. The van der Waals surface area contributed by atoms with E-state index in [0.29, 0.717) is 19.8 Å². The van der Waals surface area contributed by atoms with Crippen molar-refractivity contribution in [3.8, 4) is 5.75 Å². The predicted octanol–water partition coefficient (Wildman–Crippen LogP) is 1.73. The molecule has 0 aromatic heterocycles. The summed E-state index contributed by atoms with van der Waals surface area (Å²) in [6.45, 7) is 1.70. The highest BCUT2D eigenvalue weighted by molar-refractivity contribution is 5.28. The average molecular weight is 207 g/mol. The Labute approximate surface area is 90.5 Å². The van der Waals surface area contributed by atoms with Crippen LogP contribution in [0.5, 0.6) is 5.75 Å². The van der Waals surface area contributed by atoms with Gasteiger partial charge in [-0.3, -0.25) is 0 Å². The van der Waals surface area contributed by atoms with E-state index in [1.54, 1.807) is 7.11 Å². The summed E-state index contributed by atoms with van der Waals surface area (Å²) >= 11 is 0. The highest BCUT2D eigenvalue weighted by Crippen LogP contribution is 2.13. The Bertz CT molecular complexity index is 310. The minimum atomic E-state index is 0.549. The van der Waals surface area contributed by atoms with Gasteiger partial charge in [0.25, 0.3) is 0 Å². The van der Waals surface area contributed by atoms with Crippen molar-refractivity contribution in [2.45, 2.75) is 6.61 Å². The van der Waals surface area contributed by atoms with E-state index in [1.807, 2.05) is 36.4 Å². The van der Waals surface area contributed by atoms with Gasteiger partial charge in [0.15, 0.2) is 0 Å². The summed E-state index contributed by atoms with van der Waals surface area (Å²) in [4.78, 5) is 0. The molecule has 0 saturated carbocycles. The van der Waals surface area contributed by atoms with Crippen LogP contribution in [0.15, 0.2) is 36.4 Å². The van der Waals surface area contributed by atoms with Crippen molar-refractivity contribution in [3.05, 3.63) is 42.0 Å². The SMILES string of the molecule is COCc1cccc(OCC=CCN)c1. The Morgan fingerprint density at radius 1 is 1.33 bits per heavy atom. The Morgan fingerprint density at radius 3 is 2.93 bits per heavy atom. The summed E-state index contributed by atoms with van der Waals surface area (Å²) < 4.78 is 10.5. The number of nitrogens with two attached hydrogens (primary N) is 1. The number of hydrogen-bond donors (Lipinski definition) is 1. The monoisotopic (exact) mass is 207 g/mol. The molecule has 1 rings (SSSR count). The van der Waals surface area contributed by atoms with Crippen molar-refractivity contribution in [3.63, 3.8) is 0 Å². The summed E-state index contributed by atoms with van der Waals surface area (Å²) in [5.74, 6) is 0.853. The first-order valence-electron chi connectivity index (χ1n) is 4.92. The van der Waals surface area contributed by atoms with E-state index in [1.165, 1.54) is 0 Å². The van der Waals surface area contributed by atoms with Crippen LogP contribution in [0.2, 0.25) is 0 Å². The summed E-state index contributed by atoms with van der Waals surface area (Å²) in [5.41, 5.74) is 6.42. The van der Waals surface area contributed by atoms with Gasteiger partial charge in [-0.2, -0.15) is 0 Å². The molecule has 0 unspecified atom stereocenters. The fourth-order valence-electron chi connectivity index (χ4n) is 1.20. The van der Waals surface area contributed by atoms with Gasteiger partial charge in [-0.15, -0.1) is 0 Å². The third kappa shape index (κ3) is 4.63. The largest absolute Gasteiger partial charge is 0.490 e. The highest BCUT2D eigenvalue weighted by atomic mass is 16.5. The fraction of sp³-hybridized carbons (Fsp3) is 0.333. The molecule has 0 aliphatic heterocycles. The second-order valence-electron chi connectivity index (χ2n) is 3.10. The molecule has 2 N–H and O–H groups in total. The van der Waals surface area contributed by atoms with Crippen molar-refractivity contribution in [2.24, 2.45) is 5.73 Å². The molecule has 0 aliphatic rings. The summed E-state index contributed by atoms with van der Waals surface area (Å²) in [5, 5.41) is 0. The first-order valence-corrected chi connectivity index (χ1v) is 4.92. The molecule has 0 bridgehead atoms. The first-order chi connectivity index (χ1) is 7.36. The van der Waals surface area contributed by atoms with Gasteiger partial charge < -0.3 is 15.2 Å². The second-order valence-corrected chi connectivity index (χ2v) is 3.10. The molecule has 82 valence electrons. The molecule has 1 aromatic rings. The Balaban J connectivity index is 2.46. The van der Waals surface area contributed by atoms with Gasteiger partial charge in [0.05, 0.1) is 6.61 Å². The van der Waals surface area contributed by atoms with Crippen LogP contribution in [0.4, 0.5) is 0 Å². The van der Waals surface area contributed by atoms with Crippen LogP contribution in [0.25, 0.3) is 0 Å². The zero-order chi connectivity index (χ0) is 10.9. The molecule has 0 aliphatic carbocycles. The molecule has 0 spiro atoms. The van der Waals surface area contributed by atoms with Gasteiger partial charge in [-0.25, -0.2) is 0 Å². The molecule has 1 aromatic carbocycles. The van der Waals surface area contributed by atoms with E-state index < -0.39 is 0 Å². The lowest BCUT2D eigenvalue weighted by Gasteiger charge is -2.05. The lowest BCUT2D eigenvalue weighted by atomic mass is 10.2. The summed E-state index contributed by atoms with van der Waals surface area (Å²) in [6, 6.07) is 7.86. The van der Waals surface area contributed by atoms with Crippen LogP contribution >= 0.6 is 0 Å². The van der Waals surface area contributed by atoms with Gasteiger partial charge in [0.1, 0.15) is 12.4 Å². The van der Waals surface area contributed by atoms with Crippen molar-refractivity contribution in [1.29, 1.82) is 0 Å². The highest BCUT2D eigenvalue weighted by Gasteiger charge is 1.95. The molecular weight excluding hydrogens is 190 g/mol. The first kappa shape index (κ1) is 11.8. The third-order valence-corrected chi connectivity index (χ3v) is 1.86. The van der Waals surface area contributed by atoms with Gasteiger partial charge in [0.2, 0.25) is 0 Å². The minimum absolute atomic E-state index is 0.549. The topological polar surface area (TPSA) is 44.5 Å². The normalized spacial score (nSPS) is 10.8. The molecule has 0 fully saturated rings. The van der Waals surface area contributed by atoms with Crippen molar-refractivity contribution < 1.29 is 9.47 Å². The van der Waals surface area contributed by atoms with Crippen LogP contribution < -0.4 is 10.5 Å². The number of methoxy groups -OCH3 is 1. The predicted molar refractivity (Wildman–Crippen MR) is 60.8 cm³/mol. The van der Waals surface area contributed by atoms with Gasteiger partial charge in [0, 0.05) is 13.7 Å². The smallest absolute Gasteiger partial charge is 0.120 e. The van der Waals surface area contributed by atoms with Crippen LogP contribution in [-0.2, 0) is 11.3 Å². The van der Waals surface area contributed by atoms with E-state index in [4.69, 9.17) is 15.2 Å². The van der Waals surface area contributed by atoms with Gasteiger partial charge >= 0.3 is 0 Å². The molecule has 0 saturated heterocycles. The molecule has 0 radical (unpaired) electrons. The van der Waals surface area contributed by atoms with E-state index in [9.17, 15) is 0 Å². The molecule has 15 heavy (non-hydrogen) atoms. The molecule has 0 amide bonds. The third-order valence-electron chi connectivity index (χ3n) is 1.86. The van der Waals surface area contributed by atoms with Crippen LogP contribution in [0, 0.1) is 0 Å². The van der Waals surface area contributed by atoms with Crippen molar-refractivity contribution >= 4 is 0 Å². The zero-order valence-electron chi connectivity index (χ0n) is 8.98. The van der Waals surface area contributed by atoms with Crippen LogP contribution in [0.1, 0.15) is 5.56 Å². The maximum atomic E-state index is 5.50. The molecule has 3 nitrogen and oxygen atoms in total. The number of hydrogen-bond acceptors (Lipinski definition) is 3. The Morgan fingerprint density at radius 2 is 2.20 bits per heavy atom. The molecule has 3 heteroatoms. The van der Waals surface area contributed by atoms with Gasteiger partial charge in [-0.05, 0) is 17.7 Å². The number of ether oxygens (including phenoxy) is 2. The van der Waals surface area contributed by atoms with Crippen molar-refractivity contribution in [1.82, 2.24) is 0 Å². The van der Waals surface area contributed by atoms with Gasteiger partial charge in [-0.1, -0.05) is 24.3 Å².